The van der Waals surface area contributed by atoms with E-state index >= 15 is 0 Å². The van der Waals surface area contributed by atoms with Crippen LogP contribution in [0.1, 0.15) is 24.4 Å². The van der Waals surface area contributed by atoms with E-state index in [0.717, 1.165) is 36.2 Å². The molecule has 0 bridgehead atoms. The summed E-state index contributed by atoms with van der Waals surface area (Å²) in [4.78, 5) is 2.08. The molecule has 1 aromatic rings. The Hall–Kier alpha value is -0.300. The third-order valence-corrected chi connectivity index (χ3v) is 4.44. The highest BCUT2D eigenvalue weighted by molar-refractivity contribution is 9.10. The van der Waals surface area contributed by atoms with Gasteiger partial charge in [-0.2, -0.15) is 13.2 Å². The van der Waals surface area contributed by atoms with Crippen molar-refractivity contribution >= 4 is 27.5 Å². The summed E-state index contributed by atoms with van der Waals surface area (Å²) in [5, 5.41) is 3.72. The number of nitrogens with zero attached hydrogens (tertiary/aromatic N) is 1. The molecule has 1 fully saturated rings. The standard InChI is InChI=1S/C14H17BrClF3N2/c15-10-1-2-11(12(16)9-10)13(3-4-14(17,18)19)21-7-5-20-6-8-21/h1-2,9,13,20H,3-8H2/t13-/m1/s1. The Bertz CT molecular complexity index is 476. The van der Waals surface area contributed by atoms with E-state index in [1.54, 1.807) is 6.07 Å². The zero-order chi connectivity index (χ0) is 15.5. The van der Waals surface area contributed by atoms with Gasteiger partial charge in [-0.15, -0.1) is 0 Å². The molecule has 2 rings (SSSR count). The van der Waals surface area contributed by atoms with Gasteiger partial charge in [0.05, 0.1) is 0 Å². The van der Waals surface area contributed by atoms with Crippen molar-refractivity contribution in [1.82, 2.24) is 10.2 Å². The fourth-order valence-corrected chi connectivity index (χ4v) is 3.40. The van der Waals surface area contributed by atoms with Gasteiger partial charge in [-0.1, -0.05) is 33.6 Å². The molecule has 0 unspecified atom stereocenters. The summed E-state index contributed by atoms with van der Waals surface area (Å²) in [7, 11) is 0. The second-order valence-electron chi connectivity index (χ2n) is 5.12. The molecule has 0 aliphatic carbocycles. The van der Waals surface area contributed by atoms with Crippen molar-refractivity contribution in [1.29, 1.82) is 0 Å². The van der Waals surface area contributed by atoms with E-state index in [-0.39, 0.29) is 12.5 Å². The molecule has 1 saturated heterocycles. The molecule has 1 heterocycles. The average molecular weight is 386 g/mol. The number of piperazine rings is 1. The molecule has 1 N–H and O–H groups in total. The van der Waals surface area contributed by atoms with Crippen molar-refractivity contribution in [3.63, 3.8) is 0 Å². The van der Waals surface area contributed by atoms with Crippen molar-refractivity contribution in [2.75, 3.05) is 26.2 Å². The largest absolute Gasteiger partial charge is 0.389 e. The van der Waals surface area contributed by atoms with E-state index in [2.05, 4.69) is 26.1 Å². The lowest BCUT2D eigenvalue weighted by molar-refractivity contribution is -0.138. The SMILES string of the molecule is FC(F)(F)CC[C@H](c1ccc(Br)cc1Cl)N1CCNCC1. The Morgan fingerprint density at radius 3 is 2.52 bits per heavy atom. The Morgan fingerprint density at radius 2 is 1.95 bits per heavy atom. The maximum atomic E-state index is 12.6. The molecular formula is C14H17BrClF3N2. The molecule has 0 radical (unpaired) electrons. The van der Waals surface area contributed by atoms with Crippen molar-refractivity contribution in [3.8, 4) is 0 Å². The topological polar surface area (TPSA) is 15.3 Å². The monoisotopic (exact) mass is 384 g/mol. The molecule has 2 nitrogen and oxygen atoms in total. The van der Waals surface area contributed by atoms with E-state index in [0.29, 0.717) is 5.02 Å². The van der Waals surface area contributed by atoms with Gasteiger partial charge in [0.1, 0.15) is 0 Å². The first kappa shape index (κ1) is 17.1. The van der Waals surface area contributed by atoms with Gasteiger partial charge in [0, 0.05) is 48.1 Å². The van der Waals surface area contributed by atoms with Crippen LogP contribution in [-0.2, 0) is 0 Å². The minimum Gasteiger partial charge on any atom is -0.314 e. The molecule has 0 spiro atoms. The van der Waals surface area contributed by atoms with Crippen molar-refractivity contribution in [2.24, 2.45) is 0 Å². The van der Waals surface area contributed by atoms with Gasteiger partial charge in [-0.3, -0.25) is 4.90 Å². The van der Waals surface area contributed by atoms with Crippen LogP contribution in [0.2, 0.25) is 5.02 Å². The number of nitrogens with one attached hydrogen (secondary N) is 1. The minimum atomic E-state index is -4.14. The third-order valence-electron chi connectivity index (χ3n) is 3.62. The van der Waals surface area contributed by atoms with Crippen LogP contribution in [0.15, 0.2) is 22.7 Å². The van der Waals surface area contributed by atoms with Crippen molar-refractivity contribution in [2.45, 2.75) is 25.1 Å². The summed E-state index contributed by atoms with van der Waals surface area (Å²) in [6.07, 6.45) is -4.91. The van der Waals surface area contributed by atoms with Crippen LogP contribution in [0.5, 0.6) is 0 Å². The molecule has 118 valence electrons. The second kappa shape index (κ2) is 7.31. The van der Waals surface area contributed by atoms with Crippen molar-refractivity contribution in [3.05, 3.63) is 33.3 Å². The van der Waals surface area contributed by atoms with Crippen LogP contribution < -0.4 is 5.32 Å². The van der Waals surface area contributed by atoms with E-state index in [4.69, 9.17) is 11.6 Å². The minimum absolute atomic E-state index is 0.0326. The number of halogens is 5. The van der Waals surface area contributed by atoms with E-state index in [9.17, 15) is 13.2 Å². The molecule has 0 aromatic heterocycles. The Morgan fingerprint density at radius 1 is 1.29 bits per heavy atom. The number of hydrogen-bond donors (Lipinski definition) is 1. The lowest BCUT2D eigenvalue weighted by Gasteiger charge is -2.36. The summed E-state index contributed by atoms with van der Waals surface area (Å²) in [5.41, 5.74) is 0.769. The van der Waals surface area contributed by atoms with Crippen LogP contribution in [0.3, 0.4) is 0 Å². The fourth-order valence-electron chi connectivity index (χ4n) is 2.60. The van der Waals surface area contributed by atoms with Gasteiger partial charge in [0.25, 0.3) is 0 Å². The molecule has 7 heteroatoms. The smallest absolute Gasteiger partial charge is 0.314 e. The van der Waals surface area contributed by atoms with E-state index < -0.39 is 12.6 Å². The number of alkyl halides is 3. The summed E-state index contributed by atoms with van der Waals surface area (Å²) < 4.78 is 38.6. The van der Waals surface area contributed by atoms with Crippen LogP contribution in [-0.4, -0.2) is 37.3 Å². The molecule has 0 amide bonds. The summed E-state index contributed by atoms with van der Waals surface area (Å²) in [5.74, 6) is 0. The van der Waals surface area contributed by atoms with Crippen LogP contribution in [0, 0.1) is 0 Å². The molecule has 1 atom stereocenters. The fraction of sp³-hybridized carbons (Fsp3) is 0.571. The lowest BCUT2D eigenvalue weighted by atomic mass is 9.99. The molecule has 1 aliphatic rings. The molecule has 1 aromatic carbocycles. The Balaban J connectivity index is 2.21. The van der Waals surface area contributed by atoms with Gasteiger partial charge >= 0.3 is 6.18 Å². The van der Waals surface area contributed by atoms with E-state index in [1.807, 2.05) is 12.1 Å². The number of benzene rings is 1. The molecule has 0 saturated carbocycles. The Kier molecular flexibility index (Phi) is 5.94. The van der Waals surface area contributed by atoms with Crippen LogP contribution in [0.4, 0.5) is 13.2 Å². The highest BCUT2D eigenvalue weighted by Crippen LogP contribution is 2.36. The van der Waals surface area contributed by atoms with E-state index in [1.165, 1.54) is 0 Å². The van der Waals surface area contributed by atoms with Crippen LogP contribution in [0.25, 0.3) is 0 Å². The summed E-state index contributed by atoms with van der Waals surface area (Å²) in [6, 6.07) is 5.08. The predicted molar refractivity (Wildman–Crippen MR) is 81.6 cm³/mol. The third kappa shape index (κ3) is 5.13. The predicted octanol–water partition coefficient (Wildman–Crippen LogP) is 4.39. The summed E-state index contributed by atoms with van der Waals surface area (Å²) >= 11 is 9.56. The zero-order valence-corrected chi connectivity index (χ0v) is 13.7. The van der Waals surface area contributed by atoms with Gasteiger partial charge in [-0.05, 0) is 24.1 Å². The normalized spacial score (nSPS) is 18.7. The maximum absolute atomic E-state index is 12.6. The van der Waals surface area contributed by atoms with Crippen LogP contribution >= 0.6 is 27.5 Å². The first-order valence-electron chi connectivity index (χ1n) is 6.83. The highest BCUT2D eigenvalue weighted by atomic mass is 79.9. The Labute approximate surface area is 135 Å². The summed E-state index contributed by atoms with van der Waals surface area (Å²) in [6.45, 7) is 3.04. The number of hydrogen-bond acceptors (Lipinski definition) is 2. The van der Waals surface area contributed by atoms with Crippen molar-refractivity contribution < 1.29 is 13.2 Å². The van der Waals surface area contributed by atoms with Gasteiger partial charge < -0.3 is 5.32 Å². The van der Waals surface area contributed by atoms with Gasteiger partial charge in [0.15, 0.2) is 0 Å². The second-order valence-corrected chi connectivity index (χ2v) is 6.44. The quantitative estimate of drug-likeness (QED) is 0.827. The average Bonchev–Trinajstić information content (AvgIpc) is 2.41. The van der Waals surface area contributed by atoms with Gasteiger partial charge in [-0.25, -0.2) is 0 Å². The molecule has 21 heavy (non-hydrogen) atoms. The first-order valence-corrected chi connectivity index (χ1v) is 8.00. The lowest BCUT2D eigenvalue weighted by Crippen LogP contribution is -2.45. The maximum Gasteiger partial charge on any atom is 0.389 e. The molecular weight excluding hydrogens is 369 g/mol. The zero-order valence-electron chi connectivity index (χ0n) is 11.4. The van der Waals surface area contributed by atoms with Gasteiger partial charge in [0.2, 0.25) is 0 Å². The number of rotatable bonds is 4. The highest BCUT2D eigenvalue weighted by Gasteiger charge is 2.32. The molecule has 1 aliphatic heterocycles. The first-order chi connectivity index (χ1) is 9.87.